The summed E-state index contributed by atoms with van der Waals surface area (Å²) in [6.07, 6.45) is 0. The second kappa shape index (κ2) is 5.58. The number of halogens is 1. The quantitative estimate of drug-likeness (QED) is 0.662. The Morgan fingerprint density at radius 3 is 2.48 bits per heavy atom. The fourth-order valence-electron chi connectivity index (χ4n) is 1.59. The van der Waals surface area contributed by atoms with Gasteiger partial charge in [-0.05, 0) is 18.2 Å². The number of phenolic OH excluding ortho intramolecular Hbond substituents is 1. The Morgan fingerprint density at radius 1 is 1.19 bits per heavy atom. The van der Waals surface area contributed by atoms with E-state index in [9.17, 15) is 23.6 Å². The number of benzene rings is 2. The normalized spacial score (nSPS) is 11.1. The molecule has 7 nitrogen and oxygen atoms in total. The maximum atomic E-state index is 12.2. The zero-order valence-corrected chi connectivity index (χ0v) is 11.9. The van der Waals surface area contributed by atoms with Crippen molar-refractivity contribution in [3.63, 3.8) is 0 Å². The molecule has 110 valence electrons. The lowest BCUT2D eigenvalue weighted by molar-refractivity contribution is -0.384. The van der Waals surface area contributed by atoms with E-state index in [0.29, 0.717) is 0 Å². The topological polar surface area (TPSA) is 110 Å². The number of aromatic hydroxyl groups is 1. The summed E-state index contributed by atoms with van der Waals surface area (Å²) in [6.45, 7) is 0. The first-order valence-electron chi connectivity index (χ1n) is 5.56. The standard InChI is InChI=1S/C12H9ClN2O5S/c13-9-6-5-8(15(17)18)7-10(9)14-21(19,20)12-4-2-1-3-11(12)16/h1-7,14,16H. The van der Waals surface area contributed by atoms with Crippen LogP contribution in [0.3, 0.4) is 0 Å². The van der Waals surface area contributed by atoms with E-state index in [4.69, 9.17) is 11.6 Å². The Morgan fingerprint density at radius 2 is 1.86 bits per heavy atom. The maximum Gasteiger partial charge on any atom is 0.271 e. The van der Waals surface area contributed by atoms with Crippen LogP contribution in [0, 0.1) is 10.1 Å². The number of anilines is 1. The average molecular weight is 329 g/mol. The summed E-state index contributed by atoms with van der Waals surface area (Å²) in [7, 11) is -4.12. The third-order valence-electron chi connectivity index (χ3n) is 2.56. The molecule has 0 aliphatic rings. The van der Waals surface area contributed by atoms with Crippen LogP contribution >= 0.6 is 11.6 Å². The fourth-order valence-corrected chi connectivity index (χ4v) is 2.98. The lowest BCUT2D eigenvalue weighted by atomic mass is 10.3. The van der Waals surface area contributed by atoms with Crippen molar-refractivity contribution < 1.29 is 18.4 Å². The molecule has 0 aliphatic carbocycles. The molecule has 2 rings (SSSR count). The predicted molar refractivity (Wildman–Crippen MR) is 77.0 cm³/mol. The summed E-state index contributed by atoms with van der Waals surface area (Å²) in [5.74, 6) is -0.438. The van der Waals surface area contributed by atoms with E-state index in [1.54, 1.807) is 0 Å². The first-order valence-corrected chi connectivity index (χ1v) is 7.42. The van der Waals surface area contributed by atoms with Gasteiger partial charge in [0, 0.05) is 12.1 Å². The Bertz CT molecular complexity index is 807. The second-order valence-electron chi connectivity index (χ2n) is 3.99. The highest BCUT2D eigenvalue weighted by molar-refractivity contribution is 7.92. The van der Waals surface area contributed by atoms with E-state index in [2.05, 4.69) is 4.72 Å². The van der Waals surface area contributed by atoms with E-state index in [1.165, 1.54) is 30.3 Å². The largest absolute Gasteiger partial charge is 0.507 e. The first-order chi connectivity index (χ1) is 9.81. The number of phenols is 1. The third-order valence-corrected chi connectivity index (χ3v) is 4.30. The molecule has 0 atom stereocenters. The van der Waals surface area contributed by atoms with Gasteiger partial charge in [0.1, 0.15) is 10.6 Å². The smallest absolute Gasteiger partial charge is 0.271 e. The summed E-state index contributed by atoms with van der Waals surface area (Å²) in [5, 5.41) is 20.3. The molecule has 0 radical (unpaired) electrons. The molecule has 2 N–H and O–H groups in total. The number of nitro benzene ring substituents is 1. The lowest BCUT2D eigenvalue weighted by Gasteiger charge is -2.10. The number of non-ortho nitro benzene ring substituents is 1. The molecule has 0 spiro atoms. The number of para-hydroxylation sites is 1. The molecular formula is C12H9ClN2O5S. The van der Waals surface area contributed by atoms with Crippen LogP contribution < -0.4 is 4.72 Å². The van der Waals surface area contributed by atoms with Crippen LogP contribution in [0.1, 0.15) is 0 Å². The fraction of sp³-hybridized carbons (Fsp3) is 0. The van der Waals surface area contributed by atoms with Crippen molar-refractivity contribution >= 4 is 33.0 Å². The summed E-state index contributed by atoms with van der Waals surface area (Å²) >= 11 is 5.82. The van der Waals surface area contributed by atoms with E-state index < -0.39 is 20.7 Å². The SMILES string of the molecule is O=[N+]([O-])c1ccc(Cl)c(NS(=O)(=O)c2ccccc2O)c1. The van der Waals surface area contributed by atoms with Gasteiger partial charge in [0.2, 0.25) is 0 Å². The van der Waals surface area contributed by atoms with Gasteiger partial charge in [0.05, 0.1) is 15.6 Å². The highest BCUT2D eigenvalue weighted by Crippen LogP contribution is 2.30. The van der Waals surface area contributed by atoms with Gasteiger partial charge in [-0.2, -0.15) is 0 Å². The van der Waals surface area contributed by atoms with E-state index in [0.717, 1.165) is 12.1 Å². The minimum absolute atomic E-state index is 0.000374. The molecule has 0 saturated heterocycles. The van der Waals surface area contributed by atoms with E-state index in [1.807, 2.05) is 0 Å². The monoisotopic (exact) mass is 328 g/mol. The highest BCUT2D eigenvalue weighted by Gasteiger charge is 2.20. The Kier molecular flexibility index (Phi) is 4.01. The van der Waals surface area contributed by atoms with Gasteiger partial charge in [0.15, 0.2) is 0 Å². The van der Waals surface area contributed by atoms with Gasteiger partial charge >= 0.3 is 0 Å². The highest BCUT2D eigenvalue weighted by atomic mass is 35.5. The van der Waals surface area contributed by atoms with Gasteiger partial charge in [-0.3, -0.25) is 14.8 Å². The molecule has 2 aromatic rings. The summed E-state index contributed by atoms with van der Waals surface area (Å²) in [5.41, 5.74) is -0.455. The molecule has 0 aliphatic heterocycles. The average Bonchev–Trinajstić information content (AvgIpc) is 2.41. The molecule has 0 fully saturated rings. The molecule has 0 unspecified atom stereocenters. The van der Waals surface area contributed by atoms with Crippen LogP contribution in [0.4, 0.5) is 11.4 Å². The molecule has 0 bridgehead atoms. The summed E-state index contributed by atoms with van der Waals surface area (Å²) < 4.78 is 26.4. The minimum atomic E-state index is -4.12. The number of rotatable bonds is 4. The van der Waals surface area contributed by atoms with Gasteiger partial charge in [-0.15, -0.1) is 0 Å². The maximum absolute atomic E-state index is 12.2. The Labute approximate surface area is 125 Å². The van der Waals surface area contributed by atoms with Crippen molar-refractivity contribution in [2.24, 2.45) is 0 Å². The molecule has 2 aromatic carbocycles. The van der Waals surface area contributed by atoms with Gasteiger partial charge in [-0.25, -0.2) is 8.42 Å². The second-order valence-corrected chi connectivity index (χ2v) is 6.05. The van der Waals surface area contributed by atoms with Crippen LogP contribution in [0.25, 0.3) is 0 Å². The molecule has 0 saturated carbocycles. The van der Waals surface area contributed by atoms with Gasteiger partial charge in [-0.1, -0.05) is 23.7 Å². The Balaban J connectivity index is 2.44. The van der Waals surface area contributed by atoms with Crippen molar-refractivity contribution in [1.82, 2.24) is 0 Å². The predicted octanol–water partition coefficient (Wildman–Crippen LogP) is 2.75. The van der Waals surface area contributed by atoms with Gasteiger partial charge in [0.25, 0.3) is 15.7 Å². The molecule has 0 amide bonds. The van der Waals surface area contributed by atoms with Crippen molar-refractivity contribution in [3.8, 4) is 5.75 Å². The zero-order valence-electron chi connectivity index (χ0n) is 10.4. The van der Waals surface area contributed by atoms with Crippen LogP contribution in [0.2, 0.25) is 5.02 Å². The third kappa shape index (κ3) is 3.23. The van der Waals surface area contributed by atoms with Crippen LogP contribution in [-0.2, 0) is 10.0 Å². The van der Waals surface area contributed by atoms with Crippen LogP contribution in [-0.4, -0.2) is 18.4 Å². The molecule has 21 heavy (non-hydrogen) atoms. The number of hydrogen-bond donors (Lipinski definition) is 2. The first kappa shape index (κ1) is 15.1. The molecule has 0 heterocycles. The zero-order chi connectivity index (χ0) is 15.6. The number of hydrogen-bond acceptors (Lipinski definition) is 5. The number of nitro groups is 1. The van der Waals surface area contributed by atoms with Gasteiger partial charge < -0.3 is 5.11 Å². The van der Waals surface area contributed by atoms with Crippen molar-refractivity contribution in [3.05, 3.63) is 57.6 Å². The molecular weight excluding hydrogens is 320 g/mol. The van der Waals surface area contributed by atoms with Crippen molar-refractivity contribution in [1.29, 1.82) is 0 Å². The van der Waals surface area contributed by atoms with Crippen molar-refractivity contribution in [2.45, 2.75) is 4.90 Å². The van der Waals surface area contributed by atoms with E-state index in [-0.39, 0.29) is 21.3 Å². The minimum Gasteiger partial charge on any atom is -0.507 e. The molecule has 0 aromatic heterocycles. The van der Waals surface area contributed by atoms with Crippen LogP contribution in [0.15, 0.2) is 47.4 Å². The molecule has 9 heteroatoms. The Hall–Kier alpha value is -2.32. The lowest BCUT2D eigenvalue weighted by Crippen LogP contribution is -2.13. The number of nitrogens with one attached hydrogen (secondary N) is 1. The van der Waals surface area contributed by atoms with E-state index >= 15 is 0 Å². The number of sulfonamides is 1. The van der Waals surface area contributed by atoms with Crippen LogP contribution in [0.5, 0.6) is 5.75 Å². The van der Waals surface area contributed by atoms with Crippen molar-refractivity contribution in [2.75, 3.05) is 4.72 Å². The summed E-state index contributed by atoms with van der Waals surface area (Å²) in [4.78, 5) is 9.67. The number of nitrogens with zero attached hydrogens (tertiary/aromatic N) is 1. The summed E-state index contributed by atoms with van der Waals surface area (Å²) in [6, 6.07) is 8.67.